The van der Waals surface area contributed by atoms with E-state index < -0.39 is 5.97 Å². The molecule has 4 nitrogen and oxygen atoms in total. The highest BCUT2D eigenvalue weighted by Gasteiger charge is 2.09. The number of nitrogens with zero attached hydrogens (tertiary/aromatic N) is 2. The van der Waals surface area contributed by atoms with Crippen LogP contribution in [0, 0.1) is 13.8 Å². The number of carboxylic acids is 1. The minimum atomic E-state index is -0.905. The smallest absolute Gasteiger partial charge is 0.337 e. The van der Waals surface area contributed by atoms with Crippen LogP contribution >= 0.6 is 0 Å². The fourth-order valence-electron chi connectivity index (χ4n) is 1.47. The Bertz CT molecular complexity index is 514. The number of hydrogen-bond donors (Lipinski definition) is 1. The van der Waals surface area contributed by atoms with Gasteiger partial charge in [0.25, 0.3) is 0 Å². The monoisotopic (exact) mass is 190 g/mol. The van der Waals surface area contributed by atoms with Crippen LogP contribution in [0.15, 0.2) is 18.5 Å². The lowest BCUT2D eigenvalue weighted by Crippen LogP contribution is -2.02. The van der Waals surface area contributed by atoms with Gasteiger partial charge in [-0.2, -0.15) is 0 Å². The number of aromatic carboxylic acids is 1. The van der Waals surface area contributed by atoms with E-state index in [1.54, 1.807) is 29.8 Å². The molecule has 4 heteroatoms. The average molecular weight is 190 g/mol. The van der Waals surface area contributed by atoms with Crippen molar-refractivity contribution in [1.29, 1.82) is 0 Å². The quantitative estimate of drug-likeness (QED) is 0.743. The van der Waals surface area contributed by atoms with Crippen molar-refractivity contribution in [3.8, 4) is 0 Å². The molecule has 0 aliphatic carbocycles. The van der Waals surface area contributed by atoms with Crippen LogP contribution in [0.3, 0.4) is 0 Å². The molecule has 1 N–H and O–H groups in total. The van der Waals surface area contributed by atoms with E-state index in [4.69, 9.17) is 5.11 Å². The second-order valence-corrected chi connectivity index (χ2v) is 3.30. The van der Waals surface area contributed by atoms with Gasteiger partial charge in [0.2, 0.25) is 0 Å². The van der Waals surface area contributed by atoms with Crippen LogP contribution in [-0.2, 0) is 0 Å². The van der Waals surface area contributed by atoms with E-state index in [1.807, 2.05) is 6.92 Å². The number of carboxylic acid groups (broad SMARTS) is 1. The highest BCUT2D eigenvalue weighted by molar-refractivity contribution is 5.89. The molecule has 0 aliphatic rings. The average Bonchev–Trinajstić information content (AvgIpc) is 2.46. The Morgan fingerprint density at radius 3 is 2.86 bits per heavy atom. The van der Waals surface area contributed by atoms with Crippen LogP contribution in [0.4, 0.5) is 0 Å². The van der Waals surface area contributed by atoms with Crippen molar-refractivity contribution in [1.82, 2.24) is 9.38 Å². The van der Waals surface area contributed by atoms with Crippen molar-refractivity contribution in [3.05, 3.63) is 35.3 Å². The minimum Gasteiger partial charge on any atom is -0.478 e. The largest absolute Gasteiger partial charge is 0.478 e. The predicted molar refractivity (Wildman–Crippen MR) is 51.6 cm³/mol. The third-order valence-electron chi connectivity index (χ3n) is 2.27. The molecule has 0 bridgehead atoms. The van der Waals surface area contributed by atoms with Crippen LogP contribution in [0.25, 0.3) is 5.65 Å². The number of imidazole rings is 1. The second kappa shape index (κ2) is 2.83. The molecule has 0 aliphatic heterocycles. The van der Waals surface area contributed by atoms with Gasteiger partial charge in [-0.25, -0.2) is 9.78 Å². The maximum atomic E-state index is 10.9. The number of rotatable bonds is 1. The van der Waals surface area contributed by atoms with Gasteiger partial charge in [0.1, 0.15) is 5.65 Å². The summed E-state index contributed by atoms with van der Waals surface area (Å²) in [6.45, 7) is 3.66. The van der Waals surface area contributed by atoms with Crippen LogP contribution in [0.1, 0.15) is 21.6 Å². The van der Waals surface area contributed by atoms with Crippen LogP contribution in [0.2, 0.25) is 0 Å². The molecule has 0 fully saturated rings. The minimum absolute atomic E-state index is 0.318. The summed E-state index contributed by atoms with van der Waals surface area (Å²) in [7, 11) is 0. The molecule has 72 valence electrons. The first-order valence-electron chi connectivity index (χ1n) is 4.27. The number of hydrogen-bond acceptors (Lipinski definition) is 2. The Balaban J connectivity index is 2.80. The molecule has 2 aromatic rings. The standard InChI is InChI=1S/C10H10N2O2/c1-6-3-9-11-4-7(2)12(9)5-8(6)10(13)14/h3-5H,1-2H3,(H,13,14). The zero-order chi connectivity index (χ0) is 10.3. The van der Waals surface area contributed by atoms with Gasteiger partial charge in [0.05, 0.1) is 5.56 Å². The molecule has 0 amide bonds. The summed E-state index contributed by atoms with van der Waals surface area (Å²) in [4.78, 5) is 15.0. The second-order valence-electron chi connectivity index (χ2n) is 3.30. The Hall–Kier alpha value is -1.84. The molecule has 0 unspecified atom stereocenters. The third-order valence-corrected chi connectivity index (χ3v) is 2.27. The van der Waals surface area contributed by atoms with Gasteiger partial charge in [-0.3, -0.25) is 0 Å². The lowest BCUT2D eigenvalue weighted by atomic mass is 10.1. The number of pyridine rings is 1. The summed E-state index contributed by atoms with van der Waals surface area (Å²) in [5.74, 6) is -0.905. The summed E-state index contributed by atoms with van der Waals surface area (Å²) in [6, 6.07) is 1.77. The number of aromatic nitrogens is 2. The van der Waals surface area contributed by atoms with Gasteiger partial charge >= 0.3 is 5.97 Å². The van der Waals surface area contributed by atoms with Crippen LogP contribution in [-0.4, -0.2) is 20.5 Å². The maximum Gasteiger partial charge on any atom is 0.337 e. The van der Waals surface area contributed by atoms with E-state index >= 15 is 0 Å². The van der Waals surface area contributed by atoms with Crippen LogP contribution in [0.5, 0.6) is 0 Å². The van der Waals surface area contributed by atoms with E-state index in [-0.39, 0.29) is 0 Å². The fraction of sp³-hybridized carbons (Fsp3) is 0.200. The first-order chi connectivity index (χ1) is 6.59. The van der Waals surface area contributed by atoms with E-state index in [2.05, 4.69) is 4.98 Å². The van der Waals surface area contributed by atoms with E-state index in [0.29, 0.717) is 5.56 Å². The Morgan fingerprint density at radius 1 is 1.50 bits per heavy atom. The highest BCUT2D eigenvalue weighted by atomic mass is 16.4. The molecular formula is C10H10N2O2. The van der Waals surface area contributed by atoms with Crippen molar-refractivity contribution in [2.24, 2.45) is 0 Å². The topological polar surface area (TPSA) is 54.6 Å². The molecule has 0 spiro atoms. The van der Waals surface area contributed by atoms with Crippen molar-refractivity contribution in [2.75, 3.05) is 0 Å². The maximum absolute atomic E-state index is 10.9. The molecule has 0 radical (unpaired) electrons. The van der Waals surface area contributed by atoms with E-state index in [1.165, 1.54) is 0 Å². The van der Waals surface area contributed by atoms with Crippen molar-refractivity contribution in [2.45, 2.75) is 13.8 Å². The summed E-state index contributed by atoms with van der Waals surface area (Å²) < 4.78 is 1.77. The van der Waals surface area contributed by atoms with E-state index in [0.717, 1.165) is 16.9 Å². The summed E-state index contributed by atoms with van der Waals surface area (Å²) >= 11 is 0. The summed E-state index contributed by atoms with van der Waals surface area (Å²) in [5.41, 5.74) is 2.77. The first kappa shape index (κ1) is 8.74. The molecule has 0 saturated heterocycles. The Labute approximate surface area is 80.8 Å². The molecule has 2 heterocycles. The van der Waals surface area contributed by atoms with Crippen molar-refractivity contribution >= 4 is 11.6 Å². The normalized spacial score (nSPS) is 10.7. The number of fused-ring (bicyclic) bond motifs is 1. The van der Waals surface area contributed by atoms with Crippen LogP contribution < -0.4 is 0 Å². The van der Waals surface area contributed by atoms with Gasteiger partial charge < -0.3 is 9.51 Å². The first-order valence-corrected chi connectivity index (χ1v) is 4.27. The lowest BCUT2D eigenvalue weighted by Gasteiger charge is -2.02. The van der Waals surface area contributed by atoms with Gasteiger partial charge in [-0.05, 0) is 25.5 Å². The van der Waals surface area contributed by atoms with E-state index in [9.17, 15) is 4.79 Å². The van der Waals surface area contributed by atoms with Gasteiger partial charge in [0.15, 0.2) is 0 Å². The zero-order valence-corrected chi connectivity index (χ0v) is 7.98. The van der Waals surface area contributed by atoms with Crippen molar-refractivity contribution in [3.63, 3.8) is 0 Å². The number of carbonyl (C=O) groups is 1. The van der Waals surface area contributed by atoms with Gasteiger partial charge in [-0.15, -0.1) is 0 Å². The highest BCUT2D eigenvalue weighted by Crippen LogP contribution is 2.13. The molecule has 0 atom stereocenters. The molecule has 2 rings (SSSR count). The fourth-order valence-corrected chi connectivity index (χ4v) is 1.47. The molecule has 2 aromatic heterocycles. The predicted octanol–water partition coefficient (Wildman–Crippen LogP) is 1.65. The Morgan fingerprint density at radius 2 is 2.21 bits per heavy atom. The molecule has 0 saturated carbocycles. The zero-order valence-electron chi connectivity index (χ0n) is 7.98. The molecule has 14 heavy (non-hydrogen) atoms. The summed E-state index contributed by atoms with van der Waals surface area (Å²) in [6.07, 6.45) is 3.33. The number of aryl methyl sites for hydroxylation is 2. The van der Waals surface area contributed by atoms with Gasteiger partial charge in [0, 0.05) is 18.1 Å². The summed E-state index contributed by atoms with van der Waals surface area (Å²) in [5, 5.41) is 8.92. The Kier molecular flexibility index (Phi) is 1.77. The molecule has 0 aromatic carbocycles. The lowest BCUT2D eigenvalue weighted by molar-refractivity contribution is 0.0695. The third kappa shape index (κ3) is 1.16. The molecular weight excluding hydrogens is 180 g/mol. The SMILES string of the molecule is Cc1cc2ncc(C)n2cc1C(=O)O. The van der Waals surface area contributed by atoms with Crippen molar-refractivity contribution < 1.29 is 9.90 Å². The van der Waals surface area contributed by atoms with Gasteiger partial charge in [-0.1, -0.05) is 0 Å².